The van der Waals surface area contributed by atoms with Gasteiger partial charge >= 0.3 is 11.9 Å². The standard InChI is InChI=1S/C23H26N2O4/c1-14(26)28-23-19(29-20(27)7-4-11-24)9-8-16-13-18-21-15(10-12-25(18)2)5-3-6-17(21)22(16)23/h3,5-6,8-9,18H,4,7,10-13,24H2,1-2H3/t18-/m1/s1. The highest BCUT2D eigenvalue weighted by Crippen LogP contribution is 2.50. The molecule has 0 saturated carbocycles. The van der Waals surface area contributed by atoms with E-state index in [2.05, 4.69) is 24.1 Å². The molecule has 0 unspecified atom stereocenters. The summed E-state index contributed by atoms with van der Waals surface area (Å²) in [5, 5.41) is 0. The third-order valence-electron chi connectivity index (χ3n) is 5.74. The number of hydrogen-bond donors (Lipinski definition) is 1. The molecule has 2 N–H and O–H groups in total. The fourth-order valence-corrected chi connectivity index (χ4v) is 4.40. The Kier molecular flexibility index (Phi) is 5.39. The summed E-state index contributed by atoms with van der Waals surface area (Å²) in [6.45, 7) is 2.80. The Bertz CT molecular complexity index is 970. The van der Waals surface area contributed by atoms with Crippen molar-refractivity contribution < 1.29 is 19.1 Å². The minimum atomic E-state index is -0.443. The number of carbonyl (C=O) groups excluding carboxylic acids is 2. The third kappa shape index (κ3) is 3.66. The van der Waals surface area contributed by atoms with Crippen LogP contribution in [0.15, 0.2) is 30.3 Å². The van der Waals surface area contributed by atoms with Gasteiger partial charge < -0.3 is 15.2 Å². The monoisotopic (exact) mass is 394 g/mol. The quantitative estimate of drug-likeness (QED) is 0.620. The Balaban J connectivity index is 1.84. The van der Waals surface area contributed by atoms with Crippen LogP contribution in [0.3, 0.4) is 0 Å². The van der Waals surface area contributed by atoms with E-state index >= 15 is 0 Å². The second-order valence-electron chi connectivity index (χ2n) is 7.72. The first-order valence-corrected chi connectivity index (χ1v) is 10.1. The number of nitrogens with zero attached hydrogens (tertiary/aromatic N) is 1. The van der Waals surface area contributed by atoms with Crippen LogP contribution in [0.2, 0.25) is 0 Å². The van der Waals surface area contributed by atoms with Gasteiger partial charge in [-0.1, -0.05) is 24.3 Å². The average molecular weight is 394 g/mol. The average Bonchev–Trinajstić information content (AvgIpc) is 2.70. The van der Waals surface area contributed by atoms with Gasteiger partial charge in [0.05, 0.1) is 0 Å². The lowest BCUT2D eigenvalue weighted by atomic mass is 9.77. The maximum Gasteiger partial charge on any atom is 0.311 e. The number of hydrogen-bond acceptors (Lipinski definition) is 6. The summed E-state index contributed by atoms with van der Waals surface area (Å²) in [6.07, 6.45) is 2.58. The highest BCUT2D eigenvalue weighted by atomic mass is 16.6. The van der Waals surface area contributed by atoms with Crippen molar-refractivity contribution in [1.82, 2.24) is 4.90 Å². The van der Waals surface area contributed by atoms with Crippen LogP contribution in [0.5, 0.6) is 11.5 Å². The Hall–Kier alpha value is -2.70. The Morgan fingerprint density at radius 2 is 2.00 bits per heavy atom. The topological polar surface area (TPSA) is 81.9 Å². The van der Waals surface area contributed by atoms with E-state index in [9.17, 15) is 9.59 Å². The number of likely N-dealkylation sites (N-methyl/N-ethyl adjacent to an activating group) is 1. The summed E-state index contributed by atoms with van der Waals surface area (Å²) in [5.74, 6) is -0.216. The molecule has 152 valence electrons. The Morgan fingerprint density at radius 1 is 1.17 bits per heavy atom. The van der Waals surface area contributed by atoms with Crippen molar-refractivity contribution in [3.8, 4) is 22.6 Å². The number of ether oxygens (including phenoxy) is 2. The Labute approximate surface area is 170 Å². The van der Waals surface area contributed by atoms with Crippen molar-refractivity contribution in [3.05, 3.63) is 47.0 Å². The largest absolute Gasteiger partial charge is 0.422 e. The van der Waals surface area contributed by atoms with Gasteiger partial charge in [0, 0.05) is 31.5 Å². The summed E-state index contributed by atoms with van der Waals surface area (Å²) in [5.41, 5.74) is 11.1. The lowest BCUT2D eigenvalue weighted by Crippen LogP contribution is -2.35. The van der Waals surface area contributed by atoms with Gasteiger partial charge in [-0.25, -0.2) is 0 Å². The van der Waals surface area contributed by atoms with Gasteiger partial charge in [-0.05, 0) is 61.2 Å². The molecule has 6 heteroatoms. The minimum Gasteiger partial charge on any atom is -0.422 e. The molecular formula is C23H26N2O4. The first-order chi connectivity index (χ1) is 14.0. The first-order valence-electron chi connectivity index (χ1n) is 10.1. The molecule has 0 saturated heterocycles. The van der Waals surface area contributed by atoms with Crippen molar-refractivity contribution in [1.29, 1.82) is 0 Å². The predicted molar refractivity (Wildman–Crippen MR) is 110 cm³/mol. The van der Waals surface area contributed by atoms with Gasteiger partial charge in [0.25, 0.3) is 0 Å². The van der Waals surface area contributed by atoms with Crippen molar-refractivity contribution in [2.75, 3.05) is 20.1 Å². The molecule has 4 rings (SSSR count). The van der Waals surface area contributed by atoms with E-state index in [4.69, 9.17) is 15.2 Å². The van der Waals surface area contributed by atoms with Crippen LogP contribution in [0, 0.1) is 0 Å². The van der Waals surface area contributed by atoms with Crippen LogP contribution in [-0.4, -0.2) is 37.0 Å². The normalized spacial score (nSPS) is 17.3. The molecule has 2 aromatic rings. The zero-order valence-corrected chi connectivity index (χ0v) is 16.9. The molecule has 6 nitrogen and oxygen atoms in total. The van der Waals surface area contributed by atoms with Gasteiger partial charge in [0.2, 0.25) is 0 Å². The van der Waals surface area contributed by atoms with Gasteiger partial charge in [-0.2, -0.15) is 0 Å². The number of esters is 2. The summed E-state index contributed by atoms with van der Waals surface area (Å²) in [6, 6.07) is 10.3. The zero-order chi connectivity index (χ0) is 20.5. The van der Waals surface area contributed by atoms with Crippen LogP contribution < -0.4 is 15.2 Å². The van der Waals surface area contributed by atoms with Crippen LogP contribution in [-0.2, 0) is 22.4 Å². The molecule has 1 atom stereocenters. The van der Waals surface area contributed by atoms with Crippen molar-refractivity contribution in [2.45, 2.75) is 38.6 Å². The zero-order valence-electron chi connectivity index (χ0n) is 16.9. The van der Waals surface area contributed by atoms with Crippen LogP contribution >= 0.6 is 0 Å². The second kappa shape index (κ2) is 7.97. The molecule has 0 spiro atoms. The van der Waals surface area contributed by atoms with Gasteiger partial charge in [-0.15, -0.1) is 0 Å². The van der Waals surface area contributed by atoms with E-state index in [-0.39, 0.29) is 18.1 Å². The maximum atomic E-state index is 12.2. The summed E-state index contributed by atoms with van der Waals surface area (Å²) in [4.78, 5) is 26.5. The third-order valence-corrected chi connectivity index (χ3v) is 5.74. The van der Waals surface area contributed by atoms with Crippen LogP contribution in [0.1, 0.15) is 42.5 Å². The first kappa shape index (κ1) is 19.6. The van der Waals surface area contributed by atoms with E-state index in [1.165, 1.54) is 18.1 Å². The predicted octanol–water partition coefficient (Wildman–Crippen LogP) is 3.01. The van der Waals surface area contributed by atoms with Gasteiger partial charge in [0.1, 0.15) is 0 Å². The van der Waals surface area contributed by atoms with Crippen LogP contribution in [0.4, 0.5) is 0 Å². The molecule has 0 radical (unpaired) electrons. The number of fused-ring (bicyclic) bond motifs is 2. The fourth-order valence-electron chi connectivity index (χ4n) is 4.40. The van der Waals surface area contributed by atoms with E-state index < -0.39 is 5.97 Å². The Morgan fingerprint density at radius 3 is 2.76 bits per heavy atom. The number of benzene rings is 2. The smallest absolute Gasteiger partial charge is 0.311 e. The van der Waals surface area contributed by atoms with E-state index in [0.29, 0.717) is 24.8 Å². The van der Waals surface area contributed by atoms with Gasteiger partial charge in [0.15, 0.2) is 11.5 Å². The number of carbonyl (C=O) groups is 2. The summed E-state index contributed by atoms with van der Waals surface area (Å²) >= 11 is 0. The van der Waals surface area contributed by atoms with Crippen LogP contribution in [0.25, 0.3) is 11.1 Å². The lowest BCUT2D eigenvalue weighted by molar-refractivity contribution is -0.136. The summed E-state index contributed by atoms with van der Waals surface area (Å²) in [7, 11) is 2.15. The van der Waals surface area contributed by atoms with E-state index in [1.807, 2.05) is 12.1 Å². The van der Waals surface area contributed by atoms with Crippen molar-refractivity contribution in [3.63, 3.8) is 0 Å². The fraction of sp³-hybridized carbons (Fsp3) is 0.391. The molecule has 1 aliphatic carbocycles. The number of nitrogens with two attached hydrogens (primary N) is 1. The van der Waals surface area contributed by atoms with Crippen molar-refractivity contribution in [2.24, 2.45) is 5.73 Å². The maximum absolute atomic E-state index is 12.2. The second-order valence-corrected chi connectivity index (χ2v) is 7.72. The molecule has 0 fully saturated rings. The van der Waals surface area contributed by atoms with Gasteiger partial charge in [-0.3, -0.25) is 14.5 Å². The molecule has 0 aromatic heterocycles. The molecule has 2 aromatic carbocycles. The molecule has 1 heterocycles. The molecule has 1 aliphatic heterocycles. The molecule has 29 heavy (non-hydrogen) atoms. The highest BCUT2D eigenvalue weighted by Gasteiger charge is 2.35. The number of rotatable bonds is 5. The molecule has 2 aliphatic rings. The van der Waals surface area contributed by atoms with E-state index in [1.54, 1.807) is 6.07 Å². The van der Waals surface area contributed by atoms with Crippen molar-refractivity contribution >= 4 is 11.9 Å². The lowest BCUT2D eigenvalue weighted by Gasteiger charge is -2.40. The SMILES string of the molecule is CC(=O)Oc1c(OC(=O)CCCN)ccc2c1-c1cccc3c1[C@@H](C2)N(C)CC3. The minimum absolute atomic E-state index is 0.223. The molecule has 0 amide bonds. The highest BCUT2D eigenvalue weighted by molar-refractivity contribution is 5.87. The van der Waals surface area contributed by atoms with E-state index in [0.717, 1.165) is 36.1 Å². The molecular weight excluding hydrogens is 368 g/mol. The molecule has 0 bridgehead atoms. The summed E-state index contributed by atoms with van der Waals surface area (Å²) < 4.78 is 11.2.